The average Bonchev–Trinajstić information content (AvgIpc) is 3.13. The lowest BCUT2D eigenvalue weighted by atomic mass is 10.0. The molecular formula is C45H87NO8P+. The van der Waals surface area contributed by atoms with E-state index in [1.165, 1.54) is 122 Å². The Balaban J connectivity index is 4.37. The Kier molecular flexibility index (Phi) is 37.0. The predicted molar refractivity (Wildman–Crippen MR) is 229 cm³/mol. The van der Waals surface area contributed by atoms with Crippen LogP contribution in [0, 0.1) is 0 Å². The Morgan fingerprint density at radius 1 is 0.564 bits per heavy atom. The fourth-order valence-electron chi connectivity index (χ4n) is 6.16. The molecule has 2 atom stereocenters. The highest BCUT2D eigenvalue weighted by atomic mass is 31.2. The minimum absolute atomic E-state index is 0.0289. The van der Waals surface area contributed by atoms with Gasteiger partial charge in [0.25, 0.3) is 0 Å². The zero-order valence-electron chi connectivity index (χ0n) is 36.4. The zero-order chi connectivity index (χ0) is 40.7. The second-order valence-corrected chi connectivity index (χ2v) is 17.9. The maximum absolute atomic E-state index is 12.7. The lowest BCUT2D eigenvalue weighted by molar-refractivity contribution is -0.870. The quantitative estimate of drug-likeness (QED) is 0.0214. The number of hydrogen-bond donors (Lipinski definition) is 1. The first-order valence-corrected chi connectivity index (χ1v) is 24.1. The lowest BCUT2D eigenvalue weighted by Gasteiger charge is -2.24. The number of esters is 2. The summed E-state index contributed by atoms with van der Waals surface area (Å²) in [5.41, 5.74) is 0. The smallest absolute Gasteiger partial charge is 0.462 e. The molecule has 55 heavy (non-hydrogen) atoms. The van der Waals surface area contributed by atoms with Crippen LogP contribution in [0.5, 0.6) is 0 Å². The molecule has 0 radical (unpaired) electrons. The van der Waals surface area contributed by atoms with E-state index in [1.54, 1.807) is 0 Å². The SMILES string of the molecule is CCCCCCCC/C=C/C/C=C/CCCCC(=O)OC[C@H](COP(=O)(O)OCC[N+](C)(C)C)OC(=O)CCCCCCCCCCCCCCCCCC. The molecule has 0 aromatic carbocycles. The predicted octanol–water partition coefficient (Wildman–Crippen LogP) is 12.7. The molecule has 324 valence electrons. The summed E-state index contributed by atoms with van der Waals surface area (Å²) in [4.78, 5) is 35.3. The molecule has 0 bridgehead atoms. The molecule has 0 saturated carbocycles. The van der Waals surface area contributed by atoms with E-state index in [-0.39, 0.29) is 26.1 Å². The van der Waals surface area contributed by atoms with Gasteiger partial charge in [-0.15, -0.1) is 0 Å². The lowest BCUT2D eigenvalue weighted by Crippen LogP contribution is -2.37. The second kappa shape index (κ2) is 38.0. The van der Waals surface area contributed by atoms with E-state index in [4.69, 9.17) is 18.5 Å². The molecule has 1 unspecified atom stereocenters. The van der Waals surface area contributed by atoms with Gasteiger partial charge in [-0.3, -0.25) is 18.6 Å². The number of likely N-dealkylation sites (N-methyl/N-ethyl adjacent to an activating group) is 1. The van der Waals surface area contributed by atoms with E-state index in [0.29, 0.717) is 23.9 Å². The Hall–Kier alpha value is -1.51. The van der Waals surface area contributed by atoms with Gasteiger partial charge in [-0.1, -0.05) is 167 Å². The molecule has 0 fully saturated rings. The third-order valence-corrected chi connectivity index (χ3v) is 10.7. The highest BCUT2D eigenvalue weighted by Crippen LogP contribution is 2.43. The van der Waals surface area contributed by atoms with Crippen LogP contribution in [0.1, 0.15) is 200 Å². The summed E-state index contributed by atoms with van der Waals surface area (Å²) >= 11 is 0. The number of unbranched alkanes of at least 4 members (excludes halogenated alkanes) is 23. The van der Waals surface area contributed by atoms with Crippen LogP contribution in [-0.4, -0.2) is 74.9 Å². The van der Waals surface area contributed by atoms with Gasteiger partial charge in [-0.25, -0.2) is 4.57 Å². The number of quaternary nitrogens is 1. The van der Waals surface area contributed by atoms with Crippen LogP contribution in [0.4, 0.5) is 0 Å². The van der Waals surface area contributed by atoms with Crippen LogP contribution in [-0.2, 0) is 32.7 Å². The number of hydrogen-bond acceptors (Lipinski definition) is 7. The minimum Gasteiger partial charge on any atom is -0.462 e. The van der Waals surface area contributed by atoms with E-state index >= 15 is 0 Å². The van der Waals surface area contributed by atoms with Crippen molar-refractivity contribution in [2.45, 2.75) is 206 Å². The summed E-state index contributed by atoms with van der Waals surface area (Å²) in [5.74, 6) is -0.829. The highest BCUT2D eigenvalue weighted by molar-refractivity contribution is 7.47. The maximum Gasteiger partial charge on any atom is 0.472 e. The van der Waals surface area contributed by atoms with E-state index in [0.717, 1.165) is 38.5 Å². The van der Waals surface area contributed by atoms with Crippen molar-refractivity contribution in [2.75, 3.05) is 47.5 Å². The number of phosphoric ester groups is 1. The number of allylic oxidation sites excluding steroid dienone is 4. The molecule has 1 N–H and O–H groups in total. The number of rotatable bonds is 41. The van der Waals surface area contributed by atoms with Crippen molar-refractivity contribution in [2.24, 2.45) is 0 Å². The molecule has 0 aliphatic rings. The van der Waals surface area contributed by atoms with E-state index in [1.807, 2.05) is 21.1 Å². The Morgan fingerprint density at radius 3 is 1.47 bits per heavy atom. The minimum atomic E-state index is -4.38. The molecule has 9 nitrogen and oxygen atoms in total. The molecule has 0 aliphatic heterocycles. The molecule has 0 aromatic heterocycles. The number of nitrogens with zero attached hydrogens (tertiary/aromatic N) is 1. The first kappa shape index (κ1) is 53.5. The fraction of sp³-hybridized carbons (Fsp3) is 0.867. The number of carbonyl (C=O) groups excluding carboxylic acids is 2. The third kappa shape index (κ3) is 41.9. The van der Waals surface area contributed by atoms with Crippen molar-refractivity contribution < 1.29 is 42.1 Å². The maximum atomic E-state index is 12.7. The summed E-state index contributed by atoms with van der Waals surface area (Å²) in [6, 6.07) is 0. The molecule has 10 heteroatoms. The largest absolute Gasteiger partial charge is 0.472 e. The van der Waals surface area contributed by atoms with E-state index < -0.39 is 32.5 Å². The number of ether oxygens (including phenoxy) is 2. The van der Waals surface area contributed by atoms with Crippen molar-refractivity contribution in [3.05, 3.63) is 24.3 Å². The number of phosphoric acid groups is 1. The normalized spacial score (nSPS) is 13.8. The Bertz CT molecular complexity index is 996. The molecule has 0 rings (SSSR count). The van der Waals surface area contributed by atoms with Crippen LogP contribution in [0.15, 0.2) is 24.3 Å². The van der Waals surface area contributed by atoms with Gasteiger partial charge >= 0.3 is 19.8 Å². The first-order valence-electron chi connectivity index (χ1n) is 22.6. The van der Waals surface area contributed by atoms with Crippen LogP contribution < -0.4 is 0 Å². The fourth-order valence-corrected chi connectivity index (χ4v) is 6.90. The molecule has 0 spiro atoms. The first-order chi connectivity index (χ1) is 26.5. The van der Waals surface area contributed by atoms with Crippen LogP contribution >= 0.6 is 7.82 Å². The van der Waals surface area contributed by atoms with Crippen molar-refractivity contribution in [1.82, 2.24) is 0 Å². The van der Waals surface area contributed by atoms with Gasteiger partial charge < -0.3 is 18.9 Å². The van der Waals surface area contributed by atoms with Gasteiger partial charge in [0.2, 0.25) is 0 Å². The summed E-state index contributed by atoms with van der Waals surface area (Å²) < 4.78 is 34.3. The molecular weight excluding hydrogens is 713 g/mol. The van der Waals surface area contributed by atoms with Gasteiger partial charge in [0.15, 0.2) is 6.10 Å². The zero-order valence-corrected chi connectivity index (χ0v) is 37.3. The van der Waals surface area contributed by atoms with Crippen molar-refractivity contribution in [3.63, 3.8) is 0 Å². The van der Waals surface area contributed by atoms with E-state index in [2.05, 4.69) is 38.2 Å². The standard InChI is InChI=1S/C45H86NO8P/c1-6-8-10-12-14-16-18-20-22-24-26-28-30-32-34-36-38-45(48)54-43(42-53-55(49,50)52-40-39-46(3,4)5)41-51-44(47)37-35-33-31-29-27-25-23-21-19-17-15-13-11-9-7-2/h21,23,27,29,43H,6-20,22,24-26,28,30-42H2,1-5H3/p+1/b23-21+,29-27+/t43-/m1/s1. The van der Waals surface area contributed by atoms with Gasteiger partial charge in [-0.05, 0) is 44.9 Å². The topological polar surface area (TPSA) is 108 Å². The molecule has 0 aliphatic carbocycles. The van der Waals surface area contributed by atoms with Crippen molar-refractivity contribution >= 4 is 19.8 Å². The Morgan fingerprint density at radius 2 is 0.982 bits per heavy atom. The van der Waals surface area contributed by atoms with Gasteiger partial charge in [0.05, 0.1) is 27.7 Å². The van der Waals surface area contributed by atoms with Crippen molar-refractivity contribution in [3.8, 4) is 0 Å². The number of carbonyl (C=O) groups is 2. The van der Waals surface area contributed by atoms with Crippen LogP contribution in [0.25, 0.3) is 0 Å². The summed E-state index contributed by atoms with van der Waals surface area (Å²) in [7, 11) is 1.47. The second-order valence-electron chi connectivity index (χ2n) is 16.4. The van der Waals surface area contributed by atoms with Crippen LogP contribution in [0.2, 0.25) is 0 Å². The van der Waals surface area contributed by atoms with Crippen LogP contribution in [0.3, 0.4) is 0 Å². The van der Waals surface area contributed by atoms with Gasteiger partial charge in [0, 0.05) is 12.8 Å². The molecule has 0 saturated heterocycles. The molecule has 0 amide bonds. The summed E-state index contributed by atoms with van der Waals surface area (Å²) in [6.45, 7) is 4.40. The van der Waals surface area contributed by atoms with Gasteiger partial charge in [-0.2, -0.15) is 0 Å². The highest BCUT2D eigenvalue weighted by Gasteiger charge is 2.27. The van der Waals surface area contributed by atoms with Gasteiger partial charge in [0.1, 0.15) is 19.8 Å². The monoisotopic (exact) mass is 801 g/mol. The van der Waals surface area contributed by atoms with E-state index in [9.17, 15) is 19.0 Å². The average molecular weight is 801 g/mol. The summed E-state index contributed by atoms with van der Waals surface area (Å²) in [5, 5.41) is 0. The third-order valence-electron chi connectivity index (χ3n) is 9.73. The molecule has 0 aromatic rings. The Labute approximate surface area is 339 Å². The van der Waals surface area contributed by atoms with Crippen molar-refractivity contribution in [1.29, 1.82) is 0 Å². The molecule has 0 heterocycles. The summed E-state index contributed by atoms with van der Waals surface area (Å²) in [6.07, 6.45) is 40.8.